The van der Waals surface area contributed by atoms with Gasteiger partial charge in [0.25, 0.3) is 5.91 Å². The third-order valence-electron chi connectivity index (χ3n) is 8.64. The second kappa shape index (κ2) is 12.1. The van der Waals surface area contributed by atoms with E-state index in [1.54, 1.807) is 18.1 Å². The van der Waals surface area contributed by atoms with Gasteiger partial charge in [0.15, 0.2) is 5.82 Å². The van der Waals surface area contributed by atoms with Crippen molar-refractivity contribution in [2.24, 2.45) is 13.0 Å². The molecule has 0 aliphatic carbocycles. The molecule has 1 N–H and O–H groups in total. The number of imidazole rings is 1. The Morgan fingerprint density at radius 3 is 2.61 bits per heavy atom. The summed E-state index contributed by atoms with van der Waals surface area (Å²) in [5.41, 5.74) is 3.86. The van der Waals surface area contributed by atoms with Crippen LogP contribution in [0.25, 0.3) is 33.5 Å². The lowest BCUT2D eigenvalue weighted by molar-refractivity contribution is 0.0322. The molecule has 4 heterocycles. The summed E-state index contributed by atoms with van der Waals surface area (Å²) in [7, 11) is 3.62. The first-order valence-electron chi connectivity index (χ1n) is 15.6. The number of methoxy groups -OCH3 is 1. The van der Waals surface area contributed by atoms with E-state index in [4.69, 9.17) is 19.2 Å². The van der Waals surface area contributed by atoms with E-state index >= 15 is 0 Å². The number of hydrogen-bond acceptors (Lipinski definition) is 6. The first-order chi connectivity index (χ1) is 21.1. The zero-order valence-corrected chi connectivity index (χ0v) is 26.4. The Labute approximate surface area is 258 Å². The molecule has 44 heavy (non-hydrogen) atoms. The van der Waals surface area contributed by atoms with Crippen molar-refractivity contribution in [3.63, 3.8) is 0 Å². The number of nitrogens with zero attached hydrogens (tertiary/aromatic N) is 4. The minimum absolute atomic E-state index is 0.129. The predicted molar refractivity (Wildman–Crippen MR) is 170 cm³/mol. The third-order valence-corrected chi connectivity index (χ3v) is 8.64. The average molecular weight is 602 g/mol. The van der Waals surface area contributed by atoms with E-state index < -0.39 is 11.6 Å². The van der Waals surface area contributed by atoms with Crippen molar-refractivity contribution >= 4 is 33.9 Å². The van der Waals surface area contributed by atoms with Crippen LogP contribution in [0.4, 0.5) is 4.79 Å². The fraction of sp³-hybridized carbons (Fsp3) is 0.500. The lowest BCUT2D eigenvalue weighted by atomic mass is 10.0. The maximum Gasteiger partial charge on any atom is 0.407 e. The van der Waals surface area contributed by atoms with Crippen LogP contribution in [0.1, 0.15) is 56.8 Å². The van der Waals surface area contributed by atoms with E-state index in [1.165, 1.54) is 10.9 Å². The lowest BCUT2D eigenvalue weighted by Crippen LogP contribution is -2.47. The number of ether oxygens (including phenoxy) is 3. The van der Waals surface area contributed by atoms with Crippen LogP contribution in [0.2, 0.25) is 0 Å². The fourth-order valence-corrected chi connectivity index (χ4v) is 6.49. The Bertz CT molecular complexity index is 1680. The number of rotatable bonds is 6. The average Bonchev–Trinajstić information content (AvgIpc) is 3.53. The first-order valence-corrected chi connectivity index (χ1v) is 15.6. The molecule has 4 aromatic rings. The second-order valence-corrected chi connectivity index (χ2v) is 13.1. The molecule has 2 aliphatic heterocycles. The van der Waals surface area contributed by atoms with Crippen LogP contribution in [0.15, 0.2) is 42.5 Å². The van der Waals surface area contributed by atoms with Crippen LogP contribution in [0.3, 0.4) is 0 Å². The molecular formula is C34H43N5O5. The van der Waals surface area contributed by atoms with E-state index in [0.717, 1.165) is 62.5 Å². The topological polar surface area (TPSA) is 99.8 Å². The molecule has 0 spiro atoms. The third kappa shape index (κ3) is 6.13. The zero-order chi connectivity index (χ0) is 31.0. The Morgan fingerprint density at radius 2 is 1.86 bits per heavy atom. The van der Waals surface area contributed by atoms with Crippen molar-refractivity contribution in [3.05, 3.63) is 48.0 Å². The number of para-hydroxylation sites is 1. The van der Waals surface area contributed by atoms with Crippen molar-refractivity contribution in [2.75, 3.05) is 33.4 Å². The molecule has 2 fully saturated rings. The number of benzene rings is 2. The summed E-state index contributed by atoms with van der Waals surface area (Å²) in [6, 6.07) is 14.3. The minimum atomic E-state index is -0.463. The van der Waals surface area contributed by atoms with Gasteiger partial charge < -0.3 is 33.6 Å². The van der Waals surface area contributed by atoms with Crippen LogP contribution in [-0.2, 0) is 23.1 Å². The molecule has 0 radical (unpaired) electrons. The van der Waals surface area contributed by atoms with Gasteiger partial charge in [0.2, 0.25) is 0 Å². The number of carbonyl (C=O) groups is 2. The predicted octanol–water partition coefficient (Wildman–Crippen LogP) is 5.76. The highest BCUT2D eigenvalue weighted by Crippen LogP contribution is 2.35. The highest BCUT2D eigenvalue weighted by atomic mass is 16.6. The molecule has 2 amide bonds. The maximum absolute atomic E-state index is 13.8. The molecule has 2 aliphatic rings. The molecule has 2 aromatic heterocycles. The normalized spacial score (nSPS) is 18.1. The number of carbonyl (C=O) groups excluding carboxylic acids is 2. The Hall–Kier alpha value is -4.05. The number of aromatic nitrogens is 3. The van der Waals surface area contributed by atoms with E-state index in [9.17, 15) is 9.59 Å². The lowest BCUT2D eigenvalue weighted by Gasteiger charge is -2.33. The van der Waals surface area contributed by atoms with Crippen LogP contribution >= 0.6 is 0 Å². The van der Waals surface area contributed by atoms with Gasteiger partial charge in [-0.05, 0) is 76.6 Å². The Balaban J connectivity index is 1.31. The van der Waals surface area contributed by atoms with Gasteiger partial charge in [-0.25, -0.2) is 9.78 Å². The van der Waals surface area contributed by atoms with Crippen molar-refractivity contribution in [2.45, 2.75) is 64.6 Å². The summed E-state index contributed by atoms with van der Waals surface area (Å²) in [6.45, 7) is 9.15. The van der Waals surface area contributed by atoms with Gasteiger partial charge in [0.1, 0.15) is 17.4 Å². The number of alkyl carbamates (subject to hydrolysis) is 1. The van der Waals surface area contributed by atoms with E-state index in [1.807, 2.05) is 33.9 Å². The standard InChI is InChI=1S/C34H43N5O5/c1-34(2,3)36-33(41)44-25-10-8-14-38(21-25)32(40)24-17-26-30(29(19-24)42-5)37(4)31(35-26)28-18-23-9-6-7-11-27(23)39(28)20-22-12-15-43-16-13-22/h6-7,9,11,17-19,22,25H,8,10,12-16,20-21H2,1-5H3,(H,36,41)/t25-/m1/s1. The maximum atomic E-state index is 13.8. The molecule has 10 heteroatoms. The fourth-order valence-electron chi connectivity index (χ4n) is 6.49. The smallest absolute Gasteiger partial charge is 0.407 e. The highest BCUT2D eigenvalue weighted by Gasteiger charge is 2.29. The van der Waals surface area contributed by atoms with Gasteiger partial charge in [-0.15, -0.1) is 0 Å². The van der Waals surface area contributed by atoms with Crippen molar-refractivity contribution in [1.29, 1.82) is 0 Å². The van der Waals surface area contributed by atoms with Crippen molar-refractivity contribution in [3.8, 4) is 17.3 Å². The van der Waals surface area contributed by atoms with Crippen LogP contribution in [0, 0.1) is 5.92 Å². The number of hydrogen-bond donors (Lipinski definition) is 1. The molecule has 0 bridgehead atoms. The van der Waals surface area contributed by atoms with Crippen LogP contribution in [0.5, 0.6) is 5.75 Å². The summed E-state index contributed by atoms with van der Waals surface area (Å²) in [4.78, 5) is 33.0. The molecular weight excluding hydrogens is 558 g/mol. The highest BCUT2D eigenvalue weighted by molar-refractivity contribution is 6.00. The van der Waals surface area contributed by atoms with Gasteiger partial charge in [-0.1, -0.05) is 18.2 Å². The largest absolute Gasteiger partial charge is 0.494 e. The van der Waals surface area contributed by atoms with E-state index in [0.29, 0.717) is 35.8 Å². The van der Waals surface area contributed by atoms with Gasteiger partial charge in [0.05, 0.1) is 24.9 Å². The Kier molecular flexibility index (Phi) is 8.28. The Morgan fingerprint density at radius 1 is 1.09 bits per heavy atom. The van der Waals surface area contributed by atoms with Crippen LogP contribution in [-0.4, -0.2) is 76.1 Å². The van der Waals surface area contributed by atoms with Crippen LogP contribution < -0.4 is 10.1 Å². The molecule has 0 unspecified atom stereocenters. The number of fused-ring (bicyclic) bond motifs is 2. The van der Waals surface area contributed by atoms with E-state index in [-0.39, 0.29) is 12.0 Å². The van der Waals surface area contributed by atoms with Crippen molar-refractivity contribution < 1.29 is 23.8 Å². The summed E-state index contributed by atoms with van der Waals surface area (Å²) in [5, 5.41) is 4.00. The number of nitrogens with one attached hydrogen (secondary N) is 1. The SMILES string of the molecule is COc1cc(C(=O)N2CCC[C@@H](OC(=O)NC(C)(C)C)C2)cc2nc(-c3cc4ccccc4n3CC3CCOCC3)n(C)c12. The van der Waals surface area contributed by atoms with E-state index in [2.05, 4.69) is 44.8 Å². The summed E-state index contributed by atoms with van der Waals surface area (Å²) < 4.78 is 21.6. The van der Waals surface area contributed by atoms with Gasteiger partial charge in [-0.3, -0.25) is 4.79 Å². The molecule has 0 saturated carbocycles. The summed E-state index contributed by atoms with van der Waals surface area (Å²) in [6.07, 6.45) is 2.73. The molecule has 10 nitrogen and oxygen atoms in total. The molecule has 2 saturated heterocycles. The number of amides is 2. The van der Waals surface area contributed by atoms with Gasteiger partial charge in [0, 0.05) is 55.4 Å². The first kappa shape index (κ1) is 30.0. The molecule has 2 aromatic carbocycles. The molecule has 1 atom stereocenters. The number of piperidine rings is 1. The summed E-state index contributed by atoms with van der Waals surface area (Å²) in [5.74, 6) is 1.82. The molecule has 234 valence electrons. The number of aryl methyl sites for hydroxylation is 1. The van der Waals surface area contributed by atoms with Gasteiger partial charge in [-0.2, -0.15) is 0 Å². The monoisotopic (exact) mass is 601 g/mol. The minimum Gasteiger partial charge on any atom is -0.494 e. The number of likely N-dealkylation sites (tertiary alicyclic amines) is 1. The second-order valence-electron chi connectivity index (χ2n) is 13.1. The quantitative estimate of drug-likeness (QED) is 0.302. The zero-order valence-electron chi connectivity index (χ0n) is 26.4. The summed E-state index contributed by atoms with van der Waals surface area (Å²) >= 11 is 0. The van der Waals surface area contributed by atoms with Gasteiger partial charge >= 0.3 is 6.09 Å². The van der Waals surface area contributed by atoms with Crippen molar-refractivity contribution in [1.82, 2.24) is 24.3 Å². The molecule has 6 rings (SSSR count).